The number of carbonyl (C=O) groups is 15. The minimum absolute atomic E-state index is 0.00992. The van der Waals surface area contributed by atoms with Crippen molar-refractivity contribution in [2.24, 2.45) is 79.9 Å². The molecule has 0 bridgehead atoms. The summed E-state index contributed by atoms with van der Waals surface area (Å²) in [6, 6.07) is 8.36. The summed E-state index contributed by atoms with van der Waals surface area (Å²) in [5.41, 5.74) is 35.2. The van der Waals surface area contributed by atoms with E-state index in [1.54, 1.807) is 24.3 Å². The number of Topliss-reactive ketones (excluding diaryl/α,β-unsaturated/α-hetero) is 8. The highest BCUT2D eigenvalue weighted by molar-refractivity contribution is 9.09. The maximum atomic E-state index is 14.1. The number of aliphatic imine (C=N–C) groups is 2. The van der Waals surface area contributed by atoms with Crippen molar-refractivity contribution in [3.8, 4) is 11.5 Å². The first kappa shape index (κ1) is 114. The van der Waals surface area contributed by atoms with Gasteiger partial charge in [0.25, 0.3) is 0 Å². The maximum absolute atomic E-state index is 14.1. The van der Waals surface area contributed by atoms with E-state index in [1.165, 1.54) is 36.0 Å². The number of halogens is 2. The number of amides is 7. The van der Waals surface area contributed by atoms with Gasteiger partial charge in [0.2, 0.25) is 41.4 Å². The van der Waals surface area contributed by atoms with Crippen LogP contribution in [0.4, 0.5) is 0 Å². The summed E-state index contributed by atoms with van der Waals surface area (Å²) in [7, 11) is 0. The highest BCUT2D eigenvalue weighted by atomic mass is 79.9. The third-order valence-corrected chi connectivity index (χ3v) is 25.1. The zero-order valence-electron chi connectivity index (χ0n) is 75.7. The fraction of sp³-hybridized carbons (Fsp3) is 0.678. The zero-order valence-corrected chi connectivity index (χ0v) is 79.7. The molecule has 0 radical (unpaired) electrons. The lowest BCUT2D eigenvalue weighted by atomic mass is 9.87. The molecule has 12 atom stereocenters. The van der Waals surface area contributed by atoms with E-state index in [1.807, 2.05) is 27.7 Å². The van der Waals surface area contributed by atoms with Crippen molar-refractivity contribution in [3.63, 3.8) is 0 Å². The molecule has 0 unspecified atom stereocenters. The Morgan fingerprint density at radius 1 is 0.512 bits per heavy atom. The molecule has 0 aliphatic carbocycles. The van der Waals surface area contributed by atoms with Crippen LogP contribution in [0.25, 0.3) is 0 Å². The van der Waals surface area contributed by atoms with Crippen molar-refractivity contribution in [1.82, 2.24) is 47.9 Å². The Bertz CT molecular complexity index is 3860. The van der Waals surface area contributed by atoms with Crippen LogP contribution in [0.5, 0.6) is 11.5 Å². The molecule has 2 aromatic rings. The summed E-state index contributed by atoms with van der Waals surface area (Å²) in [4.78, 5) is 204. The largest absolute Gasteiger partial charge is 0.508 e. The highest BCUT2D eigenvalue weighted by Gasteiger charge is 2.33. The Kier molecular flexibility index (Phi) is 59.9. The lowest BCUT2D eigenvalue weighted by molar-refractivity contribution is -0.130. The predicted octanol–water partition coefficient (Wildman–Crippen LogP) is 3.59. The lowest BCUT2D eigenvalue weighted by Crippen LogP contribution is -2.46. The molecule has 0 saturated carbocycles. The number of guanidine groups is 2. The molecule has 4 rings (SSSR count). The van der Waals surface area contributed by atoms with Crippen LogP contribution in [-0.4, -0.2) is 253 Å². The van der Waals surface area contributed by atoms with E-state index in [9.17, 15) is 82.1 Å². The highest BCUT2D eigenvalue weighted by Crippen LogP contribution is 2.25. The number of unbranched alkanes of at least 4 members (excludes halogenated alkanes) is 1. The van der Waals surface area contributed by atoms with Crippen LogP contribution in [0.2, 0.25) is 0 Å². The van der Waals surface area contributed by atoms with E-state index in [0.717, 1.165) is 11.1 Å². The third kappa shape index (κ3) is 52.2. The van der Waals surface area contributed by atoms with Crippen LogP contribution in [0.15, 0.2) is 58.5 Å². The first-order chi connectivity index (χ1) is 61.6. The number of nitrogens with zero attached hydrogens (tertiary/aromatic N) is 2. The van der Waals surface area contributed by atoms with E-state index in [4.69, 9.17) is 43.9 Å². The maximum Gasteiger partial charge on any atom is 0.234 e. The summed E-state index contributed by atoms with van der Waals surface area (Å²) < 4.78 is 11.0. The van der Waals surface area contributed by atoms with Crippen molar-refractivity contribution >= 4 is 143 Å². The fourth-order valence-corrected chi connectivity index (χ4v) is 16.0. The number of benzene rings is 2. The number of hydrogen-bond donors (Lipinski definition) is 17. The number of hydrogen-bond acceptors (Lipinski definition) is 26. The van der Waals surface area contributed by atoms with Crippen LogP contribution >= 0.6 is 43.6 Å². The van der Waals surface area contributed by atoms with Crippen molar-refractivity contribution in [3.05, 3.63) is 59.7 Å². The van der Waals surface area contributed by atoms with Gasteiger partial charge in [-0.25, -0.2) is 0 Å². The number of aromatic hydroxyl groups is 2. The van der Waals surface area contributed by atoms with Gasteiger partial charge in [0.05, 0.1) is 85.6 Å². The number of alkyl halides is 2. The number of thioether (sulfide) groups is 1. The number of carbonyl (C=O) groups excluding carboxylic acids is 15. The van der Waals surface area contributed by atoms with Crippen molar-refractivity contribution in [2.75, 3.05) is 107 Å². The Morgan fingerprint density at radius 2 is 1.00 bits per heavy atom. The quantitative estimate of drug-likeness (QED) is 0.0195. The number of primary amides is 2. The number of phenolic OH excluding ortho intramolecular Hbond substituents is 2. The number of phenols is 2. The van der Waals surface area contributed by atoms with Gasteiger partial charge < -0.3 is 96.6 Å². The minimum Gasteiger partial charge on any atom is -0.508 e. The van der Waals surface area contributed by atoms with Crippen molar-refractivity contribution in [2.45, 2.75) is 244 Å². The van der Waals surface area contributed by atoms with Gasteiger partial charge >= 0.3 is 0 Å². The van der Waals surface area contributed by atoms with Gasteiger partial charge in [-0.05, 0) is 168 Å². The van der Waals surface area contributed by atoms with E-state index < -0.39 is 65.8 Å². The number of nitrogens with one attached hydrogen (secondary N) is 9. The lowest BCUT2D eigenvalue weighted by Gasteiger charge is -2.25. The molecule has 23 N–H and O–H groups in total. The van der Waals surface area contributed by atoms with Gasteiger partial charge in [-0.3, -0.25) is 87.2 Å². The van der Waals surface area contributed by atoms with Gasteiger partial charge in [-0.1, -0.05) is 103 Å². The van der Waals surface area contributed by atoms with Gasteiger partial charge in [0.1, 0.15) is 40.4 Å². The molecule has 2 aliphatic heterocycles. The van der Waals surface area contributed by atoms with Crippen LogP contribution in [0, 0.1) is 35.5 Å². The molecule has 2 heterocycles. The molecule has 39 heteroatoms. The second-order valence-electron chi connectivity index (χ2n) is 33.2. The molecule has 724 valence electrons. The molecule has 0 aromatic heterocycles. The van der Waals surface area contributed by atoms with Crippen LogP contribution in [-0.2, 0) is 94.2 Å². The third-order valence-electron chi connectivity index (χ3n) is 22.9. The summed E-state index contributed by atoms with van der Waals surface area (Å²) in [5.74, 6) is -5.39. The fourth-order valence-electron chi connectivity index (χ4n) is 14.6. The molecule has 129 heavy (non-hydrogen) atoms. The van der Waals surface area contributed by atoms with Crippen molar-refractivity contribution < 1.29 is 91.6 Å². The topological polar surface area (TPSA) is 604 Å². The van der Waals surface area contributed by atoms with E-state index >= 15 is 0 Å². The van der Waals surface area contributed by atoms with Crippen LogP contribution < -0.4 is 82.3 Å². The SMILES string of the molecule is CC[C@H](C)[C@@H]1NC(=O)CCC(=O)CC[C@@H](C(=O)CC[C@@H](CCCN=C(N)N)CN[C@@H](Cc2ccc(O)cc2)C(N)=O)NCC(=O)[C@H](CCCCNC(=O)CBr)CCC1=O.CC[C@H](C)[C@@H]1NC(=O)CCNC(=O)CSC[C@@H](C(=O)CC[C@@H](CCCN=C(N)N)CN[C@@H](Cc2ccc(O)cc2)C(N)=O)NCC(=O)[C@H](CCNC(=O)CCOCCOCCCC(=O)CBr)CCC1=O. The molecule has 36 nitrogen and oxygen atoms in total. The Morgan fingerprint density at radius 3 is 1.50 bits per heavy atom. The number of ether oxygens (including phenoxy) is 2. The van der Waals surface area contributed by atoms with Gasteiger partial charge in [-0.15, -0.1) is 11.8 Å². The summed E-state index contributed by atoms with van der Waals surface area (Å²) in [6.07, 6.45) is 8.88. The number of ketones is 8. The number of nitrogens with two attached hydrogens (primary N) is 6. The van der Waals surface area contributed by atoms with Crippen molar-refractivity contribution in [1.29, 1.82) is 0 Å². The Hall–Kier alpha value is -8.70. The van der Waals surface area contributed by atoms with Crippen LogP contribution in [0.1, 0.15) is 206 Å². The molecule has 2 fully saturated rings. The van der Waals surface area contributed by atoms with E-state index in [2.05, 4.69) is 89.7 Å². The zero-order chi connectivity index (χ0) is 95.4. The first-order valence-electron chi connectivity index (χ1n) is 45.3. The monoisotopic (exact) mass is 1960 g/mol. The second kappa shape index (κ2) is 67.5. The average Bonchev–Trinajstić information content (AvgIpc) is 0.877. The van der Waals surface area contributed by atoms with Crippen LogP contribution in [0.3, 0.4) is 0 Å². The molecule has 0 spiro atoms. The molecule has 7 amide bonds. The first-order valence-corrected chi connectivity index (χ1v) is 48.7. The molecular weight excluding hydrogens is 1810 g/mol. The summed E-state index contributed by atoms with van der Waals surface area (Å²) in [5, 5.41) is 46.7. The Labute approximate surface area is 780 Å². The summed E-state index contributed by atoms with van der Waals surface area (Å²) >= 11 is 7.47. The van der Waals surface area contributed by atoms with E-state index in [-0.39, 0.29) is 263 Å². The predicted molar refractivity (Wildman–Crippen MR) is 504 cm³/mol. The van der Waals surface area contributed by atoms with Gasteiger partial charge in [0.15, 0.2) is 29.3 Å². The Balaban J connectivity index is 0.000000675. The molecule has 2 saturated heterocycles. The van der Waals surface area contributed by atoms with Gasteiger partial charge in [0, 0.05) is 121 Å². The minimum atomic E-state index is -0.833. The average molecular weight is 1960 g/mol. The number of rotatable bonds is 52. The standard InChI is InChI=1S/C48H78BrN9O11S.C42H67BrN8O8/c1-3-32(2)46-41(62)15-11-35(16-20-53-43(64)18-23-69-25-24-68-22-5-7-37(60)27-49)42(63)29-57-39(30-70-31-45(66)54-21-17-44(65)58-46)40(61)14-10-34(6-4-19-55-48(51)52)28-56-38(47(50)67)26-33-8-12-36(59)13-9-33;1-3-27(2)40-36(55)19-12-30(8-4-5-21-47-39(58)24-43)37(56)26-50-33(17-15-32(53)16-20-38(57)51-40)35(54)18-11-29(7-6-22-48-42(45)46)25-49-34(41(44)59)23-28-9-13-31(52)14-10-28/h8-9,12-13,32,34-35,38-39,46,56-57,59H,3-7,10-11,14-31H2,1-2H3,(H2,50,67)(H,53,64)(H,54,66)(H,58,65)(H4,51,52,55);9-10,13-14,27,29-30,33-34,40,49-50,52H,3-8,11-12,15-26H2,1-2H3,(H2,44,59)(H,47,58)(H,51,57)(H4,45,46,48)/t32-,34+,35-,38-,39-,46-;27-,29+,30+,33-,34-,40-/m00/s1. The van der Waals surface area contributed by atoms with E-state index in [0.29, 0.717) is 141 Å². The normalized spacial score (nSPS) is 19.6. The van der Waals surface area contributed by atoms with Gasteiger partial charge in [-0.2, -0.15) is 0 Å². The smallest absolute Gasteiger partial charge is 0.234 e. The summed E-state index contributed by atoms with van der Waals surface area (Å²) in [6.45, 7) is 10.5. The second-order valence-corrected chi connectivity index (χ2v) is 35.4. The molecule has 2 aliphatic rings. The molecular formula is C90H145Br2N17O19S. The molecule has 2 aromatic carbocycles.